The molecule has 0 spiro atoms. The van der Waals surface area contributed by atoms with Crippen LogP contribution in [0.3, 0.4) is 0 Å². The van der Waals surface area contributed by atoms with Gasteiger partial charge in [-0.15, -0.1) is 0 Å². The predicted molar refractivity (Wildman–Crippen MR) is 67.9 cm³/mol. The first-order valence-electron chi connectivity index (χ1n) is 6.38. The molecule has 2 atom stereocenters. The zero-order valence-corrected chi connectivity index (χ0v) is 10.8. The Kier molecular flexibility index (Phi) is 2.72. The zero-order valence-electron chi connectivity index (χ0n) is 10.8. The van der Waals surface area contributed by atoms with Gasteiger partial charge < -0.3 is 19.5 Å². The Bertz CT molecular complexity index is 462. The topological polar surface area (TPSA) is 41.9 Å². The minimum Gasteiger partial charge on any atom is -0.493 e. The van der Waals surface area contributed by atoms with Gasteiger partial charge >= 0.3 is 0 Å². The van der Waals surface area contributed by atoms with Crippen LogP contribution in [-0.4, -0.2) is 43.0 Å². The first-order chi connectivity index (χ1) is 8.62. The van der Waals surface area contributed by atoms with Crippen molar-refractivity contribution < 1.29 is 14.6 Å². The van der Waals surface area contributed by atoms with E-state index in [1.165, 1.54) is 0 Å². The normalized spacial score (nSPS) is 31.2. The van der Waals surface area contributed by atoms with Crippen LogP contribution in [0, 0.1) is 5.92 Å². The first-order valence-corrected chi connectivity index (χ1v) is 6.38. The van der Waals surface area contributed by atoms with Gasteiger partial charge in [0.15, 0.2) is 11.5 Å². The third-order valence-corrected chi connectivity index (χ3v) is 4.05. The third-order valence-electron chi connectivity index (χ3n) is 4.05. The van der Waals surface area contributed by atoms with Crippen molar-refractivity contribution in [1.82, 2.24) is 4.90 Å². The fourth-order valence-corrected chi connectivity index (χ4v) is 2.96. The maximum Gasteiger partial charge on any atom is 0.213 e. The van der Waals surface area contributed by atoms with Crippen LogP contribution in [0.15, 0.2) is 18.2 Å². The molecule has 3 rings (SSSR count). The van der Waals surface area contributed by atoms with Crippen LogP contribution in [0.4, 0.5) is 0 Å². The lowest BCUT2D eigenvalue weighted by Crippen LogP contribution is -2.56. The molecule has 4 heteroatoms. The van der Waals surface area contributed by atoms with E-state index in [0.717, 1.165) is 25.1 Å². The van der Waals surface area contributed by atoms with Crippen LogP contribution in [-0.2, 0) is 6.42 Å². The maximum absolute atomic E-state index is 10.7. The van der Waals surface area contributed by atoms with Gasteiger partial charge in [0.05, 0.1) is 7.11 Å². The largest absolute Gasteiger partial charge is 0.493 e. The Hall–Kier alpha value is -1.26. The van der Waals surface area contributed by atoms with Crippen LogP contribution in [0.1, 0.15) is 12.0 Å². The molecule has 1 saturated heterocycles. The Morgan fingerprint density at radius 1 is 1.50 bits per heavy atom. The molecule has 2 aliphatic heterocycles. The van der Waals surface area contributed by atoms with Gasteiger partial charge in [-0.1, -0.05) is 12.1 Å². The van der Waals surface area contributed by atoms with Crippen molar-refractivity contribution in [1.29, 1.82) is 0 Å². The molecule has 2 aliphatic rings. The third kappa shape index (κ3) is 1.76. The van der Waals surface area contributed by atoms with Gasteiger partial charge in [0.1, 0.15) is 0 Å². The van der Waals surface area contributed by atoms with Crippen LogP contribution in [0.5, 0.6) is 11.5 Å². The van der Waals surface area contributed by atoms with Crippen LogP contribution >= 0.6 is 0 Å². The zero-order chi connectivity index (χ0) is 12.8. The minimum absolute atomic E-state index is 0.135. The summed E-state index contributed by atoms with van der Waals surface area (Å²) in [7, 11) is 3.71. The van der Waals surface area contributed by atoms with Crippen molar-refractivity contribution in [3.63, 3.8) is 0 Å². The summed E-state index contributed by atoms with van der Waals surface area (Å²) in [6.07, 6.45) is 1.49. The Labute approximate surface area is 107 Å². The number of para-hydroxylation sites is 1. The van der Waals surface area contributed by atoms with E-state index in [1.54, 1.807) is 7.11 Å². The van der Waals surface area contributed by atoms with Crippen molar-refractivity contribution in [2.75, 3.05) is 27.2 Å². The van der Waals surface area contributed by atoms with E-state index in [-0.39, 0.29) is 5.92 Å². The molecule has 1 fully saturated rings. The van der Waals surface area contributed by atoms with Crippen molar-refractivity contribution in [3.05, 3.63) is 23.8 Å². The van der Waals surface area contributed by atoms with Gasteiger partial charge in [-0.2, -0.15) is 0 Å². The highest BCUT2D eigenvalue weighted by atomic mass is 16.6. The Morgan fingerprint density at radius 2 is 2.33 bits per heavy atom. The number of aliphatic hydroxyl groups is 1. The number of likely N-dealkylation sites (tertiary alicyclic amines) is 1. The molecule has 0 aromatic heterocycles. The molecule has 0 bridgehead atoms. The molecular weight excluding hydrogens is 230 g/mol. The van der Waals surface area contributed by atoms with Gasteiger partial charge in [0.25, 0.3) is 0 Å². The lowest BCUT2D eigenvalue weighted by Gasteiger charge is -2.46. The minimum atomic E-state index is -1.03. The summed E-state index contributed by atoms with van der Waals surface area (Å²) >= 11 is 0. The number of fused-ring (bicyclic) bond motifs is 2. The summed E-state index contributed by atoms with van der Waals surface area (Å²) in [6.45, 7) is 1.73. The average molecular weight is 249 g/mol. The Morgan fingerprint density at radius 3 is 3.11 bits per heavy atom. The molecule has 0 aliphatic carbocycles. The van der Waals surface area contributed by atoms with E-state index in [4.69, 9.17) is 9.47 Å². The summed E-state index contributed by atoms with van der Waals surface area (Å²) in [5.74, 6) is 0.520. The number of rotatable bonds is 1. The van der Waals surface area contributed by atoms with E-state index in [0.29, 0.717) is 17.9 Å². The molecule has 1 N–H and O–H groups in total. The van der Waals surface area contributed by atoms with E-state index in [1.807, 2.05) is 18.2 Å². The summed E-state index contributed by atoms with van der Waals surface area (Å²) < 4.78 is 11.2. The van der Waals surface area contributed by atoms with Crippen molar-refractivity contribution in [3.8, 4) is 11.5 Å². The number of nitrogens with zero attached hydrogens (tertiary/aromatic N) is 1. The molecular formula is C14H19NO3. The standard InChI is InChI=1S/C14H19NO3/c1-15-7-6-14(16)11(9-15)8-10-4-3-5-12(17-2)13(10)18-14/h3-5,11,16H,6-9H2,1-2H3/t11-,14-/m0/s1. The summed E-state index contributed by atoms with van der Waals surface area (Å²) in [4.78, 5) is 2.24. The number of ether oxygens (including phenoxy) is 2. The SMILES string of the molecule is COc1cccc2c1O[C@@]1(O)CCN(C)C[C@@H]1C2. The molecule has 4 nitrogen and oxygen atoms in total. The molecule has 0 unspecified atom stereocenters. The molecule has 0 amide bonds. The van der Waals surface area contributed by atoms with Gasteiger partial charge in [-0.25, -0.2) is 0 Å². The van der Waals surface area contributed by atoms with Crippen molar-refractivity contribution >= 4 is 0 Å². The maximum atomic E-state index is 10.7. The Balaban J connectivity index is 1.98. The van der Waals surface area contributed by atoms with Gasteiger partial charge in [0, 0.05) is 25.4 Å². The second kappa shape index (κ2) is 4.14. The van der Waals surface area contributed by atoms with Crippen molar-refractivity contribution in [2.45, 2.75) is 18.6 Å². The molecule has 18 heavy (non-hydrogen) atoms. The smallest absolute Gasteiger partial charge is 0.213 e. The quantitative estimate of drug-likeness (QED) is 0.814. The van der Waals surface area contributed by atoms with Crippen LogP contribution < -0.4 is 9.47 Å². The van der Waals surface area contributed by atoms with Crippen LogP contribution in [0.2, 0.25) is 0 Å². The van der Waals surface area contributed by atoms with E-state index in [9.17, 15) is 5.11 Å². The number of benzene rings is 1. The lowest BCUT2D eigenvalue weighted by atomic mass is 9.83. The van der Waals surface area contributed by atoms with Crippen LogP contribution in [0.25, 0.3) is 0 Å². The van der Waals surface area contributed by atoms with Gasteiger partial charge in [-0.05, 0) is 25.1 Å². The van der Waals surface area contributed by atoms with Gasteiger partial charge in [-0.3, -0.25) is 0 Å². The van der Waals surface area contributed by atoms with E-state index < -0.39 is 5.79 Å². The molecule has 1 aromatic carbocycles. The van der Waals surface area contributed by atoms with Gasteiger partial charge in [0.2, 0.25) is 5.79 Å². The lowest BCUT2D eigenvalue weighted by molar-refractivity contribution is -0.212. The second-order valence-corrected chi connectivity index (χ2v) is 5.31. The first kappa shape index (κ1) is 11.8. The summed E-state index contributed by atoms with van der Waals surface area (Å²) in [5, 5.41) is 10.7. The second-order valence-electron chi connectivity index (χ2n) is 5.31. The average Bonchev–Trinajstić information content (AvgIpc) is 2.36. The number of hydrogen-bond donors (Lipinski definition) is 1. The van der Waals surface area contributed by atoms with E-state index >= 15 is 0 Å². The summed E-state index contributed by atoms with van der Waals surface area (Å²) in [5.41, 5.74) is 1.12. The fourth-order valence-electron chi connectivity index (χ4n) is 2.96. The highest BCUT2D eigenvalue weighted by molar-refractivity contribution is 5.48. The molecule has 1 aromatic rings. The highest BCUT2D eigenvalue weighted by Crippen LogP contribution is 2.44. The monoisotopic (exact) mass is 249 g/mol. The number of hydrogen-bond acceptors (Lipinski definition) is 4. The molecule has 0 radical (unpaired) electrons. The molecule has 2 heterocycles. The molecule has 98 valence electrons. The van der Waals surface area contributed by atoms with Crippen molar-refractivity contribution in [2.24, 2.45) is 5.92 Å². The fraction of sp³-hybridized carbons (Fsp3) is 0.571. The van der Waals surface area contributed by atoms with E-state index in [2.05, 4.69) is 11.9 Å². The molecule has 0 saturated carbocycles. The summed E-state index contributed by atoms with van der Waals surface area (Å²) in [6, 6.07) is 5.89. The predicted octanol–water partition coefficient (Wildman–Crippen LogP) is 1.27. The number of methoxy groups -OCH3 is 1. The number of piperidine rings is 1. The highest BCUT2D eigenvalue weighted by Gasteiger charge is 2.46.